The number of aromatic nitrogens is 5. The lowest BCUT2D eigenvalue weighted by Crippen LogP contribution is -2.52. The van der Waals surface area contributed by atoms with E-state index < -0.39 is 6.17 Å². The van der Waals surface area contributed by atoms with Crippen LogP contribution in [0, 0.1) is 0 Å². The molecule has 0 atom stereocenters. The molecule has 1 saturated heterocycles. The largest absolute Gasteiger partial charge is 0.382 e. The number of H-pyrrole nitrogens is 1. The van der Waals surface area contributed by atoms with E-state index in [2.05, 4.69) is 20.3 Å². The van der Waals surface area contributed by atoms with Crippen molar-refractivity contribution in [3.8, 4) is 11.3 Å². The number of carbonyl (C=O) groups is 1. The van der Waals surface area contributed by atoms with Crippen LogP contribution in [0.4, 0.5) is 10.2 Å². The molecule has 1 aromatic carbocycles. The number of nitrogens with zero attached hydrogens (tertiary/aromatic N) is 5. The van der Waals surface area contributed by atoms with Crippen LogP contribution < -0.4 is 5.73 Å². The van der Waals surface area contributed by atoms with Gasteiger partial charge in [0.1, 0.15) is 18.2 Å². The highest BCUT2D eigenvalue weighted by molar-refractivity contribution is 6.08. The Kier molecular flexibility index (Phi) is 3.36. The number of aromatic amines is 1. The summed E-state index contributed by atoms with van der Waals surface area (Å²) in [4.78, 5) is 18.1. The Morgan fingerprint density at radius 2 is 2.15 bits per heavy atom. The smallest absolute Gasteiger partial charge is 0.244 e. The molecule has 0 saturated carbocycles. The second-order valence-electron chi connectivity index (χ2n) is 6.68. The van der Waals surface area contributed by atoms with Gasteiger partial charge in [0.25, 0.3) is 0 Å². The summed E-state index contributed by atoms with van der Waals surface area (Å²) in [5, 5.41) is 13.0. The van der Waals surface area contributed by atoms with E-state index in [1.54, 1.807) is 17.1 Å². The van der Waals surface area contributed by atoms with E-state index in [4.69, 9.17) is 5.73 Å². The maximum absolute atomic E-state index is 12.9. The molecule has 1 amide bonds. The van der Waals surface area contributed by atoms with Gasteiger partial charge in [-0.15, -0.1) is 0 Å². The lowest BCUT2D eigenvalue weighted by molar-refractivity contribution is -0.139. The van der Waals surface area contributed by atoms with Crippen molar-refractivity contribution in [3.63, 3.8) is 0 Å². The molecule has 0 radical (unpaired) electrons. The van der Waals surface area contributed by atoms with Gasteiger partial charge in [-0.05, 0) is 12.1 Å². The van der Waals surface area contributed by atoms with Crippen molar-refractivity contribution in [2.24, 2.45) is 0 Å². The van der Waals surface area contributed by atoms with Crippen LogP contribution in [0.5, 0.6) is 0 Å². The van der Waals surface area contributed by atoms with Crippen molar-refractivity contribution in [2.45, 2.75) is 12.7 Å². The minimum atomic E-state index is -0.918. The lowest BCUT2D eigenvalue weighted by atomic mass is 10.1. The van der Waals surface area contributed by atoms with Crippen molar-refractivity contribution >= 4 is 33.5 Å². The Hall–Kier alpha value is -3.49. The van der Waals surface area contributed by atoms with Crippen LogP contribution in [-0.4, -0.2) is 55.0 Å². The van der Waals surface area contributed by atoms with Crippen molar-refractivity contribution in [2.75, 3.05) is 18.8 Å². The standard InChI is InChI=1S/C18H16FN7O/c19-11-6-25(7-11)16(27)9-26-8-13-12-2-1-10(14-3-4-21-23-14)5-15(12)22-18(20)17(13)24-26/h1-5,8,11H,6-7,9H2,(H2,20,22)(H,21,23). The summed E-state index contributed by atoms with van der Waals surface area (Å²) in [7, 11) is 0. The molecule has 3 aromatic heterocycles. The zero-order valence-electron chi connectivity index (χ0n) is 14.3. The third-order valence-electron chi connectivity index (χ3n) is 4.83. The Balaban J connectivity index is 1.54. The number of hydrogen-bond donors (Lipinski definition) is 2. The number of fused-ring (bicyclic) bond motifs is 3. The molecule has 27 heavy (non-hydrogen) atoms. The third kappa shape index (κ3) is 2.59. The van der Waals surface area contributed by atoms with Crippen LogP contribution in [0.15, 0.2) is 36.7 Å². The number of rotatable bonds is 3. The fraction of sp³-hybridized carbons (Fsp3) is 0.222. The van der Waals surface area contributed by atoms with Gasteiger partial charge in [-0.1, -0.05) is 12.1 Å². The monoisotopic (exact) mass is 365 g/mol. The van der Waals surface area contributed by atoms with Gasteiger partial charge in [0.15, 0.2) is 5.82 Å². The molecule has 9 heteroatoms. The van der Waals surface area contributed by atoms with Gasteiger partial charge in [-0.2, -0.15) is 10.2 Å². The van der Waals surface area contributed by atoms with E-state index in [9.17, 15) is 9.18 Å². The van der Waals surface area contributed by atoms with Crippen molar-refractivity contribution < 1.29 is 9.18 Å². The summed E-state index contributed by atoms with van der Waals surface area (Å²) in [6.07, 6.45) is 2.56. The number of pyridine rings is 1. The molecule has 0 aliphatic carbocycles. The highest BCUT2D eigenvalue weighted by Gasteiger charge is 2.30. The van der Waals surface area contributed by atoms with Crippen molar-refractivity contribution in [3.05, 3.63) is 36.7 Å². The molecule has 4 aromatic rings. The van der Waals surface area contributed by atoms with Crippen LogP contribution >= 0.6 is 0 Å². The Bertz CT molecular complexity index is 1160. The maximum atomic E-state index is 12.9. The van der Waals surface area contributed by atoms with Crippen LogP contribution in [0.3, 0.4) is 0 Å². The summed E-state index contributed by atoms with van der Waals surface area (Å²) in [5.74, 6) is 0.146. The van der Waals surface area contributed by atoms with Gasteiger partial charge in [-0.3, -0.25) is 14.6 Å². The SMILES string of the molecule is Nc1nc2cc(-c3ccn[nH]3)ccc2c2cn(CC(=O)N3CC(F)C3)nc12. The predicted octanol–water partition coefficient (Wildman–Crippen LogP) is 1.74. The first kappa shape index (κ1) is 15.7. The predicted molar refractivity (Wildman–Crippen MR) is 98.5 cm³/mol. The van der Waals surface area contributed by atoms with Crippen molar-refractivity contribution in [1.82, 2.24) is 29.9 Å². The number of anilines is 1. The zero-order chi connectivity index (χ0) is 18.5. The number of alkyl halides is 1. The van der Waals surface area contributed by atoms with Crippen LogP contribution in [0.1, 0.15) is 0 Å². The normalized spacial score (nSPS) is 14.8. The molecule has 1 fully saturated rings. The molecule has 0 unspecified atom stereocenters. The Morgan fingerprint density at radius 1 is 1.30 bits per heavy atom. The quantitative estimate of drug-likeness (QED) is 0.575. The number of nitrogen functional groups attached to an aromatic ring is 1. The minimum Gasteiger partial charge on any atom is -0.382 e. The van der Waals surface area contributed by atoms with E-state index in [1.165, 1.54) is 4.90 Å². The average molecular weight is 365 g/mol. The molecule has 136 valence electrons. The zero-order valence-corrected chi connectivity index (χ0v) is 14.3. The van der Waals surface area contributed by atoms with Crippen LogP contribution in [0.25, 0.3) is 33.1 Å². The molecular weight excluding hydrogens is 349 g/mol. The van der Waals surface area contributed by atoms with Crippen LogP contribution in [-0.2, 0) is 11.3 Å². The van der Waals surface area contributed by atoms with Gasteiger partial charge >= 0.3 is 0 Å². The van der Waals surface area contributed by atoms with Crippen molar-refractivity contribution in [1.29, 1.82) is 0 Å². The number of nitrogens with two attached hydrogens (primary N) is 1. The maximum Gasteiger partial charge on any atom is 0.244 e. The summed E-state index contributed by atoms with van der Waals surface area (Å²) in [5.41, 5.74) is 9.23. The first-order valence-electron chi connectivity index (χ1n) is 8.56. The Morgan fingerprint density at radius 3 is 2.89 bits per heavy atom. The van der Waals surface area contributed by atoms with Gasteiger partial charge in [-0.25, -0.2) is 9.37 Å². The number of likely N-dealkylation sites (tertiary alicyclic amines) is 1. The first-order chi connectivity index (χ1) is 13.1. The molecule has 4 heterocycles. The molecule has 1 aliphatic heterocycles. The minimum absolute atomic E-state index is 0.0502. The Labute approximate surface area is 152 Å². The fourth-order valence-electron chi connectivity index (χ4n) is 3.37. The number of carbonyl (C=O) groups excluding carboxylic acids is 1. The topological polar surface area (TPSA) is 106 Å². The molecule has 0 spiro atoms. The summed E-state index contributed by atoms with van der Waals surface area (Å²) >= 11 is 0. The summed E-state index contributed by atoms with van der Waals surface area (Å²) in [6.45, 7) is 0.361. The molecule has 8 nitrogen and oxygen atoms in total. The molecule has 3 N–H and O–H groups in total. The lowest BCUT2D eigenvalue weighted by Gasteiger charge is -2.34. The average Bonchev–Trinajstić information content (AvgIpc) is 3.28. The van der Waals surface area contributed by atoms with Gasteiger partial charge < -0.3 is 10.6 Å². The fourth-order valence-corrected chi connectivity index (χ4v) is 3.37. The number of halogens is 1. The van der Waals surface area contributed by atoms with E-state index in [0.717, 1.165) is 27.5 Å². The first-order valence-corrected chi connectivity index (χ1v) is 8.56. The van der Waals surface area contributed by atoms with Gasteiger partial charge in [0.05, 0.1) is 24.3 Å². The highest BCUT2D eigenvalue weighted by Crippen LogP contribution is 2.30. The third-order valence-corrected chi connectivity index (χ3v) is 4.83. The van der Waals surface area contributed by atoms with E-state index in [1.807, 2.05) is 24.3 Å². The summed E-state index contributed by atoms with van der Waals surface area (Å²) < 4.78 is 14.5. The highest BCUT2D eigenvalue weighted by atomic mass is 19.1. The number of benzene rings is 1. The van der Waals surface area contributed by atoms with E-state index in [-0.39, 0.29) is 25.5 Å². The number of hydrogen-bond acceptors (Lipinski definition) is 5. The van der Waals surface area contributed by atoms with Gasteiger partial charge in [0, 0.05) is 28.7 Å². The molecule has 1 aliphatic rings. The van der Waals surface area contributed by atoms with E-state index >= 15 is 0 Å². The second kappa shape index (κ2) is 5.76. The number of nitrogens with one attached hydrogen (secondary N) is 1. The summed E-state index contributed by atoms with van der Waals surface area (Å²) in [6, 6.07) is 7.74. The molecular formula is C18H16FN7O. The van der Waals surface area contributed by atoms with Crippen LogP contribution in [0.2, 0.25) is 0 Å². The number of amides is 1. The second-order valence-corrected chi connectivity index (χ2v) is 6.68. The molecule has 5 rings (SSSR count). The van der Waals surface area contributed by atoms with Gasteiger partial charge in [0.2, 0.25) is 5.91 Å². The molecule has 0 bridgehead atoms. The van der Waals surface area contributed by atoms with E-state index in [0.29, 0.717) is 11.3 Å².